The molecular formula is C16H14N4O2S. The molecule has 2 aromatic carbocycles. The Morgan fingerprint density at radius 3 is 2.52 bits per heavy atom. The maximum absolute atomic E-state index is 12.4. The second kappa shape index (κ2) is 5.22. The number of H-pyrrole nitrogens is 1. The standard InChI is InChI=1S/C16H14N4O2S/c21-23(22)14-9-5-4-8-13(14)18-16(20-23)12-10-17-19-15(12)11-6-2-1-3-7-11/h1-10,16,18,20H,(H,17,19). The Morgan fingerprint density at radius 2 is 1.70 bits per heavy atom. The summed E-state index contributed by atoms with van der Waals surface area (Å²) in [5.41, 5.74) is 3.05. The predicted molar refractivity (Wildman–Crippen MR) is 87.2 cm³/mol. The molecule has 0 radical (unpaired) electrons. The van der Waals surface area contributed by atoms with Crippen LogP contribution in [0.25, 0.3) is 11.3 Å². The van der Waals surface area contributed by atoms with Gasteiger partial charge in [0.15, 0.2) is 0 Å². The molecule has 1 aliphatic rings. The van der Waals surface area contributed by atoms with Crippen molar-refractivity contribution in [3.8, 4) is 11.3 Å². The van der Waals surface area contributed by atoms with Crippen molar-refractivity contribution in [2.75, 3.05) is 5.32 Å². The number of para-hydroxylation sites is 1. The number of aromatic amines is 1. The molecule has 1 atom stereocenters. The lowest BCUT2D eigenvalue weighted by Crippen LogP contribution is -2.38. The third-order valence-corrected chi connectivity index (χ3v) is 5.27. The van der Waals surface area contributed by atoms with Crippen molar-refractivity contribution in [2.24, 2.45) is 0 Å². The highest BCUT2D eigenvalue weighted by Crippen LogP contribution is 2.33. The SMILES string of the molecule is O=S1(=O)NC(c2cn[nH]c2-c2ccccc2)Nc2ccccc21. The number of fused-ring (bicyclic) bond motifs is 1. The van der Waals surface area contributed by atoms with Crippen molar-refractivity contribution >= 4 is 15.7 Å². The predicted octanol–water partition coefficient (Wildman–Crippen LogP) is 2.48. The Balaban J connectivity index is 1.79. The van der Waals surface area contributed by atoms with Crippen molar-refractivity contribution in [1.82, 2.24) is 14.9 Å². The molecule has 3 aromatic rings. The zero-order valence-electron chi connectivity index (χ0n) is 12.0. The summed E-state index contributed by atoms with van der Waals surface area (Å²) in [5, 5.41) is 10.2. The highest BCUT2D eigenvalue weighted by atomic mass is 32.2. The minimum atomic E-state index is -3.57. The number of nitrogens with zero attached hydrogens (tertiary/aromatic N) is 1. The smallest absolute Gasteiger partial charge is 0.244 e. The molecule has 6 nitrogen and oxygen atoms in total. The monoisotopic (exact) mass is 326 g/mol. The molecule has 0 fully saturated rings. The quantitative estimate of drug-likeness (QED) is 0.675. The molecule has 7 heteroatoms. The first-order valence-electron chi connectivity index (χ1n) is 7.12. The summed E-state index contributed by atoms with van der Waals surface area (Å²) in [4.78, 5) is 0.251. The van der Waals surface area contributed by atoms with Crippen LogP contribution in [-0.2, 0) is 10.0 Å². The van der Waals surface area contributed by atoms with E-state index in [1.54, 1.807) is 30.5 Å². The number of hydrogen-bond donors (Lipinski definition) is 3. The van der Waals surface area contributed by atoms with Crippen LogP contribution in [0.1, 0.15) is 11.7 Å². The van der Waals surface area contributed by atoms with Gasteiger partial charge in [0.1, 0.15) is 11.1 Å². The fraction of sp³-hybridized carbons (Fsp3) is 0.0625. The average molecular weight is 326 g/mol. The molecule has 0 saturated carbocycles. The molecule has 0 amide bonds. The van der Waals surface area contributed by atoms with Crippen LogP contribution in [0.5, 0.6) is 0 Å². The molecule has 0 aliphatic carbocycles. The van der Waals surface area contributed by atoms with Crippen molar-refractivity contribution in [3.63, 3.8) is 0 Å². The number of sulfonamides is 1. The maximum atomic E-state index is 12.4. The molecule has 1 unspecified atom stereocenters. The average Bonchev–Trinajstić information content (AvgIpc) is 3.05. The van der Waals surface area contributed by atoms with Gasteiger partial charge in [0.25, 0.3) is 0 Å². The Labute approximate surface area is 133 Å². The van der Waals surface area contributed by atoms with Crippen LogP contribution < -0.4 is 10.0 Å². The van der Waals surface area contributed by atoms with Gasteiger partial charge in [-0.3, -0.25) is 5.10 Å². The van der Waals surface area contributed by atoms with Gasteiger partial charge in [-0.1, -0.05) is 42.5 Å². The van der Waals surface area contributed by atoms with Crippen LogP contribution in [0.3, 0.4) is 0 Å². The number of rotatable bonds is 2. The van der Waals surface area contributed by atoms with Crippen molar-refractivity contribution in [3.05, 3.63) is 66.4 Å². The summed E-state index contributed by atoms with van der Waals surface area (Å²) >= 11 is 0. The van der Waals surface area contributed by atoms with Gasteiger partial charge in [-0.15, -0.1) is 0 Å². The molecule has 2 heterocycles. The van der Waals surface area contributed by atoms with E-state index in [1.165, 1.54) is 0 Å². The van der Waals surface area contributed by atoms with Gasteiger partial charge < -0.3 is 5.32 Å². The first kappa shape index (κ1) is 14.0. The van der Waals surface area contributed by atoms with E-state index in [0.29, 0.717) is 5.69 Å². The molecule has 4 rings (SSSR count). The minimum absolute atomic E-state index is 0.251. The van der Waals surface area contributed by atoms with E-state index < -0.39 is 16.2 Å². The Bertz CT molecular complexity index is 951. The number of benzene rings is 2. The normalized spacial score (nSPS) is 18.9. The lowest BCUT2D eigenvalue weighted by atomic mass is 10.1. The molecule has 1 aromatic heterocycles. The number of anilines is 1. The van der Waals surface area contributed by atoms with E-state index in [0.717, 1.165) is 16.8 Å². The second-order valence-corrected chi connectivity index (χ2v) is 6.94. The van der Waals surface area contributed by atoms with E-state index in [-0.39, 0.29) is 4.90 Å². The third-order valence-electron chi connectivity index (χ3n) is 3.79. The van der Waals surface area contributed by atoms with Gasteiger partial charge in [-0.05, 0) is 17.7 Å². The molecule has 0 bridgehead atoms. The van der Waals surface area contributed by atoms with E-state index in [1.807, 2.05) is 30.3 Å². The van der Waals surface area contributed by atoms with Crippen molar-refractivity contribution < 1.29 is 8.42 Å². The first-order valence-corrected chi connectivity index (χ1v) is 8.60. The summed E-state index contributed by atoms with van der Waals surface area (Å²) in [6, 6.07) is 16.5. The molecule has 3 N–H and O–H groups in total. The minimum Gasteiger partial charge on any atom is -0.364 e. The molecule has 1 aliphatic heterocycles. The van der Waals surface area contributed by atoms with E-state index >= 15 is 0 Å². The summed E-state index contributed by atoms with van der Waals surface area (Å²) in [6.07, 6.45) is 1.06. The van der Waals surface area contributed by atoms with Crippen molar-refractivity contribution in [2.45, 2.75) is 11.1 Å². The summed E-state index contributed by atoms with van der Waals surface area (Å²) in [6.45, 7) is 0. The van der Waals surface area contributed by atoms with Gasteiger partial charge in [-0.2, -0.15) is 9.82 Å². The zero-order chi connectivity index (χ0) is 15.9. The largest absolute Gasteiger partial charge is 0.364 e. The van der Waals surface area contributed by atoms with Crippen LogP contribution in [0.15, 0.2) is 65.7 Å². The third kappa shape index (κ3) is 2.39. The fourth-order valence-electron chi connectivity index (χ4n) is 2.72. The van der Waals surface area contributed by atoms with Gasteiger partial charge in [0.2, 0.25) is 10.0 Å². The van der Waals surface area contributed by atoms with Crippen LogP contribution >= 0.6 is 0 Å². The molecule has 23 heavy (non-hydrogen) atoms. The molecule has 0 spiro atoms. The van der Waals surface area contributed by atoms with Crippen LogP contribution in [-0.4, -0.2) is 18.6 Å². The number of aromatic nitrogens is 2. The van der Waals surface area contributed by atoms with Crippen LogP contribution in [0.2, 0.25) is 0 Å². The lowest BCUT2D eigenvalue weighted by molar-refractivity contribution is 0.563. The lowest BCUT2D eigenvalue weighted by Gasteiger charge is -2.28. The van der Waals surface area contributed by atoms with E-state index in [4.69, 9.17) is 0 Å². The van der Waals surface area contributed by atoms with E-state index in [2.05, 4.69) is 20.2 Å². The highest BCUT2D eigenvalue weighted by molar-refractivity contribution is 7.89. The van der Waals surface area contributed by atoms with Gasteiger partial charge in [0, 0.05) is 5.56 Å². The zero-order valence-corrected chi connectivity index (χ0v) is 12.8. The second-order valence-electron chi connectivity index (χ2n) is 5.26. The highest BCUT2D eigenvalue weighted by Gasteiger charge is 2.31. The topological polar surface area (TPSA) is 86.9 Å². The Hall–Kier alpha value is -2.64. The fourth-order valence-corrected chi connectivity index (χ4v) is 4.01. The summed E-state index contributed by atoms with van der Waals surface area (Å²) in [5.74, 6) is 0. The Morgan fingerprint density at radius 1 is 0.957 bits per heavy atom. The van der Waals surface area contributed by atoms with E-state index in [9.17, 15) is 8.42 Å². The van der Waals surface area contributed by atoms with Gasteiger partial charge >= 0.3 is 0 Å². The van der Waals surface area contributed by atoms with Gasteiger partial charge in [0.05, 0.1) is 17.6 Å². The Kier molecular flexibility index (Phi) is 3.17. The first-order chi connectivity index (χ1) is 11.1. The van der Waals surface area contributed by atoms with Crippen LogP contribution in [0, 0.1) is 0 Å². The molecule has 116 valence electrons. The summed E-state index contributed by atoms with van der Waals surface area (Å²) < 4.78 is 27.6. The summed E-state index contributed by atoms with van der Waals surface area (Å²) in [7, 11) is -3.57. The van der Waals surface area contributed by atoms with Crippen molar-refractivity contribution in [1.29, 1.82) is 0 Å². The van der Waals surface area contributed by atoms with Gasteiger partial charge in [-0.25, -0.2) is 8.42 Å². The molecule has 0 saturated heterocycles. The molecular weight excluding hydrogens is 312 g/mol. The number of nitrogens with one attached hydrogen (secondary N) is 3. The number of hydrogen-bond acceptors (Lipinski definition) is 4. The maximum Gasteiger partial charge on any atom is 0.244 e. The van der Waals surface area contributed by atoms with Crippen LogP contribution in [0.4, 0.5) is 5.69 Å².